The number of nitriles is 2. The minimum atomic E-state index is -3.49. The molecule has 0 amide bonds. The molecule has 1 saturated heterocycles. The third-order valence-corrected chi connectivity index (χ3v) is 37.4. The maximum Gasteiger partial charge on any atom is 0.191 e. The van der Waals surface area contributed by atoms with Gasteiger partial charge in [-0.3, -0.25) is 9.98 Å². The normalized spacial score (nSPS) is 21.8. The first kappa shape index (κ1) is 82.8. The minimum absolute atomic E-state index is 0.0293. The van der Waals surface area contributed by atoms with E-state index in [4.69, 9.17) is 19.4 Å². The van der Waals surface area contributed by atoms with Crippen LogP contribution in [0.4, 0.5) is 17.6 Å². The summed E-state index contributed by atoms with van der Waals surface area (Å²) in [7, 11) is -10.4. The van der Waals surface area contributed by atoms with Gasteiger partial charge >= 0.3 is 0 Å². The van der Waals surface area contributed by atoms with E-state index in [-0.39, 0.29) is 62.6 Å². The second kappa shape index (κ2) is 33.0. The Morgan fingerprint density at radius 2 is 1.09 bits per heavy atom. The zero-order valence-corrected chi connectivity index (χ0v) is 68.0. The van der Waals surface area contributed by atoms with E-state index in [1.165, 1.54) is 24.3 Å². The summed E-state index contributed by atoms with van der Waals surface area (Å²) in [6.45, 7) is 38.3. The van der Waals surface area contributed by atoms with Crippen molar-refractivity contribution in [3.05, 3.63) is 136 Å². The van der Waals surface area contributed by atoms with Crippen molar-refractivity contribution in [3.63, 3.8) is 0 Å². The van der Waals surface area contributed by atoms with Crippen LogP contribution in [0, 0.1) is 51.8 Å². The first-order valence-electron chi connectivity index (χ1n) is 31.2. The van der Waals surface area contributed by atoms with Crippen LogP contribution < -0.4 is 0 Å². The molecule has 5 unspecified atom stereocenters. The fourth-order valence-corrected chi connectivity index (χ4v) is 21.5. The number of benzene rings is 4. The summed E-state index contributed by atoms with van der Waals surface area (Å²) in [5.74, 6) is -0.885. The number of aliphatic hydroxyl groups is 1. The van der Waals surface area contributed by atoms with E-state index in [9.17, 15) is 39.5 Å². The molecule has 7 atom stereocenters. The second-order valence-electron chi connectivity index (χ2n) is 28.9. The lowest BCUT2D eigenvalue weighted by molar-refractivity contribution is 0.202. The summed E-state index contributed by atoms with van der Waals surface area (Å²) in [6.07, 6.45) is 4.00. The molecule has 1 N–H and O–H groups in total. The van der Waals surface area contributed by atoms with Gasteiger partial charge < -0.3 is 14.0 Å². The molecule has 4 aromatic carbocycles. The molecule has 0 saturated carbocycles. The molecule has 0 aliphatic carbocycles. The van der Waals surface area contributed by atoms with Gasteiger partial charge in [-0.05, 0) is 198 Å². The fraction of sp³-hybridized carbons (Fsp3) is 0.594. The number of halogens is 8. The smallest absolute Gasteiger partial charge is 0.191 e. The van der Waals surface area contributed by atoms with E-state index in [1.807, 2.05) is 12.1 Å². The van der Waals surface area contributed by atoms with Crippen LogP contribution in [-0.2, 0) is 50.4 Å². The number of nitrogens with zero attached hydrogens (tertiary/aromatic N) is 4. The largest absolute Gasteiger partial charge is 0.417 e. The number of rotatable bonds is 20. The van der Waals surface area contributed by atoms with Crippen molar-refractivity contribution in [3.8, 4) is 12.1 Å². The number of sulfone groups is 2. The number of thioether (sulfide) groups is 1. The summed E-state index contributed by atoms with van der Waals surface area (Å²) in [5.41, 5.74) is -0.0727. The van der Waals surface area contributed by atoms with Crippen LogP contribution in [0.25, 0.3) is 0 Å². The Labute approximate surface area is 593 Å². The van der Waals surface area contributed by atoms with Crippen LogP contribution in [0.2, 0.25) is 36.3 Å². The van der Waals surface area contributed by atoms with Gasteiger partial charge in [0.25, 0.3) is 0 Å². The van der Waals surface area contributed by atoms with Crippen molar-refractivity contribution < 1.29 is 48.4 Å². The summed E-state index contributed by atoms with van der Waals surface area (Å²) in [4.78, 5) is 9.03. The minimum Gasteiger partial charge on any atom is -0.417 e. The Kier molecular flexibility index (Phi) is 29.4. The molecule has 0 aromatic heterocycles. The summed E-state index contributed by atoms with van der Waals surface area (Å²) >= 11 is 15.1. The van der Waals surface area contributed by atoms with Crippen molar-refractivity contribution in [1.82, 2.24) is 0 Å². The predicted molar refractivity (Wildman–Crippen MR) is 394 cm³/mol. The molecule has 0 spiro atoms. The van der Waals surface area contributed by atoms with Crippen molar-refractivity contribution in [2.24, 2.45) is 15.9 Å². The highest BCUT2D eigenvalue weighted by molar-refractivity contribution is 9.11. The van der Waals surface area contributed by atoms with Crippen LogP contribution in [-0.4, -0.2) is 102 Å². The van der Waals surface area contributed by atoms with Crippen LogP contribution in [0.1, 0.15) is 164 Å². The standard InChI is InChI=1S/C21H33BrFNOSi.C20H31BrFNOSSi.C14H17BrFNO3S.C14H15BrFNO2S/c1-20(2,3)26(6,7)25-14-12-16(9-8-13-24)21(4,5)18-15-17(22)10-11-19(18)23;1-19(2,3)26(6,7)24-12-10-18(25-13-11-23)20(4,5)16-14-15(21)8-9-17(16)22;1-9-8-21(19,20)13(5-6-18)14(2,17-9)11-7-10(15)3-4-12(11)16;1-8-12-5-6-13(20(12,18)19)14(2,17-8)10-7-9(15)3-4-11(10)16/h10-11,15-16H,8-9,12,14H2,1-7H3;8-9,14,18H,10,12-13H2,1-7H3;3-4,7,13,18H,5-6,8H2,1-2H3;3-4,7,12-13H,5-6H2,1-2H3/t;;13?,14-;12?,13?,14-/m..11/s1. The molecule has 3 aliphatic heterocycles. The molecule has 3 aliphatic rings. The summed E-state index contributed by atoms with van der Waals surface area (Å²) in [5, 5.41) is 25.7. The SMILES string of the molecule is CC(C)(c1cc(Br)ccc1F)C(CCC#N)CCO[Si](C)(C)C(C)(C)C.CC(C)(c1cc(Br)ccc1F)C(CCO[Si](C)(C)C(C)(C)C)SCC#N.CC1=N[C@](C)(c2cc(Br)ccc2F)C(CCO)S(=O)(=O)C1.CC1=N[C@](C)(c2cc(Br)ccc2F)C2CCC1S2(=O)=O. The van der Waals surface area contributed by atoms with Crippen molar-refractivity contribution >= 4 is 123 Å². The lowest BCUT2D eigenvalue weighted by Gasteiger charge is -2.39. The Morgan fingerprint density at radius 3 is 1.54 bits per heavy atom. The fourth-order valence-electron chi connectivity index (χ4n) is 12.0. The lowest BCUT2D eigenvalue weighted by Crippen LogP contribution is -2.48. The van der Waals surface area contributed by atoms with Crippen LogP contribution in [0.5, 0.6) is 0 Å². The van der Waals surface area contributed by atoms with Gasteiger partial charge in [-0.15, -0.1) is 11.8 Å². The molecule has 2 bridgehead atoms. The molecule has 93 heavy (non-hydrogen) atoms. The lowest BCUT2D eigenvalue weighted by atomic mass is 9.70. The van der Waals surface area contributed by atoms with Crippen molar-refractivity contribution in [2.45, 2.75) is 221 Å². The second-order valence-corrected chi connectivity index (χ2v) is 47.9. The molecule has 516 valence electrons. The van der Waals surface area contributed by atoms with Crippen molar-refractivity contribution in [1.29, 1.82) is 10.5 Å². The Bertz CT molecular complexity index is 3540. The maximum atomic E-state index is 14.5. The van der Waals surface area contributed by atoms with Gasteiger partial charge in [0.05, 0.1) is 39.4 Å². The average Bonchev–Trinajstić information content (AvgIpc) is 1.65. The highest BCUT2D eigenvalue weighted by Gasteiger charge is 2.57. The van der Waals surface area contributed by atoms with Crippen LogP contribution in [0.3, 0.4) is 0 Å². The zero-order chi connectivity index (χ0) is 70.9. The molecule has 1 fully saturated rings. The van der Waals surface area contributed by atoms with E-state index in [1.54, 1.807) is 75.9 Å². The molecule has 4 aromatic rings. The first-order chi connectivity index (χ1) is 42.6. The van der Waals surface area contributed by atoms with Gasteiger partial charge in [0.1, 0.15) is 34.3 Å². The number of fused-ring (bicyclic) bond motifs is 2. The van der Waals surface area contributed by atoms with Crippen molar-refractivity contribution in [2.75, 3.05) is 31.3 Å². The Morgan fingerprint density at radius 1 is 0.645 bits per heavy atom. The van der Waals surface area contributed by atoms with E-state index in [2.05, 4.69) is 181 Å². The van der Waals surface area contributed by atoms with Crippen LogP contribution in [0.15, 0.2) is 101 Å². The molecule has 11 nitrogen and oxygen atoms in total. The Balaban J connectivity index is 0.000000266. The monoisotopic (exact) mass is 1640 g/mol. The predicted octanol–water partition coefficient (Wildman–Crippen LogP) is 19.8. The molecule has 7 rings (SSSR count). The topological polar surface area (TPSA) is 179 Å². The number of hydrogen-bond acceptors (Lipinski definition) is 12. The number of aliphatic imine (C=N–C) groups is 2. The molecular formula is C69H96Br4F4N4O7S3Si2. The summed E-state index contributed by atoms with van der Waals surface area (Å²) < 4.78 is 123. The van der Waals surface area contributed by atoms with Gasteiger partial charge in [0, 0.05) is 77.3 Å². The maximum absolute atomic E-state index is 14.5. The van der Waals surface area contributed by atoms with Gasteiger partial charge in [-0.1, -0.05) is 133 Å². The number of hydrogen-bond donors (Lipinski definition) is 1. The zero-order valence-electron chi connectivity index (χ0n) is 57.2. The highest BCUT2D eigenvalue weighted by atomic mass is 79.9. The Hall–Kier alpha value is -2.60. The van der Waals surface area contributed by atoms with Gasteiger partial charge in [-0.2, -0.15) is 10.5 Å². The molecule has 24 heteroatoms. The van der Waals surface area contributed by atoms with Gasteiger partial charge in [-0.25, -0.2) is 34.4 Å². The average molecular weight is 1640 g/mol. The van der Waals surface area contributed by atoms with Gasteiger partial charge in [0.15, 0.2) is 36.3 Å². The highest BCUT2D eigenvalue weighted by Crippen LogP contribution is 2.49. The number of aliphatic hydroxyl groups excluding tert-OH is 1. The van der Waals surface area contributed by atoms with Gasteiger partial charge in [0.2, 0.25) is 0 Å². The van der Waals surface area contributed by atoms with E-state index < -0.39 is 80.2 Å². The molecular weight excluding hydrogens is 1540 g/mol. The first-order valence-corrected chi connectivity index (χ1v) is 44.6. The molecule has 0 radical (unpaired) electrons. The van der Waals surface area contributed by atoms with E-state index in [0.29, 0.717) is 70.8 Å². The molecule has 3 heterocycles. The third-order valence-electron chi connectivity index (χ3n) is 19.6. The summed E-state index contributed by atoms with van der Waals surface area (Å²) in [6, 6.07) is 23.6. The quantitative estimate of drug-likeness (QED) is 0.0661. The van der Waals surface area contributed by atoms with E-state index in [0.717, 1.165) is 32.7 Å². The third kappa shape index (κ3) is 20.5. The van der Waals surface area contributed by atoms with E-state index >= 15 is 0 Å². The van der Waals surface area contributed by atoms with Crippen LogP contribution >= 0.6 is 75.5 Å².